The fourth-order valence-corrected chi connectivity index (χ4v) is 2.22. The summed E-state index contributed by atoms with van der Waals surface area (Å²) in [6.07, 6.45) is 0. The summed E-state index contributed by atoms with van der Waals surface area (Å²) in [5.74, 6) is 1.46. The van der Waals surface area contributed by atoms with E-state index in [0.29, 0.717) is 24.4 Å². The second-order valence-electron chi connectivity index (χ2n) is 4.86. The van der Waals surface area contributed by atoms with Gasteiger partial charge >= 0.3 is 0 Å². The Balaban J connectivity index is 1.63. The van der Waals surface area contributed by atoms with E-state index in [1.54, 1.807) is 0 Å². The van der Waals surface area contributed by atoms with Crippen LogP contribution in [0.25, 0.3) is 0 Å². The zero-order valence-electron chi connectivity index (χ0n) is 11.6. The summed E-state index contributed by atoms with van der Waals surface area (Å²) in [5, 5.41) is 23.6. The van der Waals surface area contributed by atoms with Crippen molar-refractivity contribution in [1.82, 2.24) is 5.32 Å². The van der Waals surface area contributed by atoms with Crippen LogP contribution in [0.1, 0.15) is 11.1 Å². The third kappa shape index (κ3) is 2.94. The van der Waals surface area contributed by atoms with Crippen molar-refractivity contribution >= 4 is 5.69 Å². The van der Waals surface area contributed by atoms with E-state index in [-0.39, 0.29) is 18.2 Å². The Hall–Kier alpha value is -2.80. The Morgan fingerprint density at radius 2 is 1.95 bits per heavy atom. The summed E-state index contributed by atoms with van der Waals surface area (Å²) in [6.45, 7) is 1.09. The molecule has 2 aromatic rings. The number of non-ortho nitro benzene ring substituents is 1. The van der Waals surface area contributed by atoms with Crippen LogP contribution in [-0.4, -0.2) is 16.8 Å². The summed E-state index contributed by atoms with van der Waals surface area (Å²) < 4.78 is 10.5. The van der Waals surface area contributed by atoms with Crippen LogP contribution in [0.2, 0.25) is 0 Å². The van der Waals surface area contributed by atoms with Crippen LogP contribution < -0.4 is 14.8 Å². The lowest BCUT2D eigenvalue weighted by atomic mass is 10.1. The Bertz CT molecular complexity index is 717. The fourth-order valence-electron chi connectivity index (χ4n) is 2.22. The number of ether oxygens (including phenoxy) is 2. The molecular weight excluding hydrogens is 288 g/mol. The maximum Gasteiger partial charge on any atom is 0.270 e. The predicted octanol–water partition coefficient (Wildman–Crippen LogP) is 2.32. The molecule has 2 aromatic carbocycles. The van der Waals surface area contributed by atoms with Gasteiger partial charge in [0.15, 0.2) is 11.5 Å². The first-order valence-corrected chi connectivity index (χ1v) is 6.69. The van der Waals surface area contributed by atoms with E-state index >= 15 is 0 Å². The number of nitro groups is 1. The SMILES string of the molecule is O=[N+]([O-])c1ccc(O)c(CNCc2ccc3c(c2)OCO3)c1. The molecule has 0 amide bonds. The zero-order chi connectivity index (χ0) is 15.5. The summed E-state index contributed by atoms with van der Waals surface area (Å²) >= 11 is 0. The molecule has 1 aliphatic heterocycles. The van der Waals surface area contributed by atoms with E-state index in [0.717, 1.165) is 11.3 Å². The second kappa shape index (κ2) is 5.90. The van der Waals surface area contributed by atoms with Gasteiger partial charge in [0.25, 0.3) is 5.69 Å². The number of phenols is 1. The zero-order valence-corrected chi connectivity index (χ0v) is 11.6. The van der Waals surface area contributed by atoms with Crippen LogP contribution in [0.5, 0.6) is 17.2 Å². The molecule has 1 aliphatic rings. The van der Waals surface area contributed by atoms with Gasteiger partial charge in [0.05, 0.1) is 4.92 Å². The molecule has 0 saturated carbocycles. The van der Waals surface area contributed by atoms with Crippen LogP contribution in [-0.2, 0) is 13.1 Å². The van der Waals surface area contributed by atoms with Crippen LogP contribution in [0.4, 0.5) is 5.69 Å². The average Bonchev–Trinajstić information content (AvgIpc) is 2.96. The molecule has 7 nitrogen and oxygen atoms in total. The van der Waals surface area contributed by atoms with Gasteiger partial charge in [-0.15, -0.1) is 0 Å². The van der Waals surface area contributed by atoms with Crippen molar-refractivity contribution in [2.24, 2.45) is 0 Å². The minimum atomic E-state index is -0.485. The van der Waals surface area contributed by atoms with Gasteiger partial charge in [-0.2, -0.15) is 0 Å². The van der Waals surface area contributed by atoms with E-state index in [1.165, 1.54) is 18.2 Å². The molecule has 0 atom stereocenters. The lowest BCUT2D eigenvalue weighted by Gasteiger charge is -2.07. The Labute approximate surface area is 126 Å². The van der Waals surface area contributed by atoms with Gasteiger partial charge in [-0.05, 0) is 23.8 Å². The number of nitrogens with one attached hydrogen (secondary N) is 1. The van der Waals surface area contributed by atoms with E-state index in [9.17, 15) is 15.2 Å². The third-order valence-corrected chi connectivity index (χ3v) is 3.36. The Morgan fingerprint density at radius 3 is 2.77 bits per heavy atom. The topological polar surface area (TPSA) is 93.9 Å². The first-order chi connectivity index (χ1) is 10.6. The number of benzene rings is 2. The molecule has 0 saturated heterocycles. The van der Waals surface area contributed by atoms with Gasteiger partial charge in [0.1, 0.15) is 5.75 Å². The predicted molar refractivity (Wildman–Crippen MR) is 77.9 cm³/mol. The van der Waals surface area contributed by atoms with Gasteiger partial charge in [-0.1, -0.05) is 6.07 Å². The Morgan fingerprint density at radius 1 is 1.14 bits per heavy atom. The van der Waals surface area contributed by atoms with Crippen molar-refractivity contribution in [3.05, 3.63) is 57.6 Å². The smallest absolute Gasteiger partial charge is 0.270 e. The molecule has 0 fully saturated rings. The van der Waals surface area contributed by atoms with Crippen LogP contribution >= 0.6 is 0 Å². The van der Waals surface area contributed by atoms with Crippen LogP contribution in [0.3, 0.4) is 0 Å². The van der Waals surface area contributed by atoms with Gasteiger partial charge in [-0.3, -0.25) is 10.1 Å². The molecule has 0 bridgehead atoms. The van der Waals surface area contributed by atoms with Gasteiger partial charge < -0.3 is 19.9 Å². The minimum Gasteiger partial charge on any atom is -0.508 e. The molecule has 2 N–H and O–H groups in total. The first-order valence-electron chi connectivity index (χ1n) is 6.69. The number of fused-ring (bicyclic) bond motifs is 1. The minimum absolute atomic E-state index is 0.0313. The molecule has 1 heterocycles. The van der Waals surface area contributed by atoms with Crippen molar-refractivity contribution in [2.45, 2.75) is 13.1 Å². The number of hydrogen-bond donors (Lipinski definition) is 2. The molecule has 22 heavy (non-hydrogen) atoms. The molecule has 0 radical (unpaired) electrons. The van der Waals surface area contributed by atoms with Crippen molar-refractivity contribution < 1.29 is 19.5 Å². The lowest BCUT2D eigenvalue weighted by Crippen LogP contribution is -2.13. The number of rotatable bonds is 5. The summed E-state index contributed by atoms with van der Waals surface area (Å²) in [5.41, 5.74) is 1.43. The number of nitrogens with zero attached hydrogens (tertiary/aromatic N) is 1. The van der Waals surface area contributed by atoms with Crippen molar-refractivity contribution in [2.75, 3.05) is 6.79 Å². The summed E-state index contributed by atoms with van der Waals surface area (Å²) in [7, 11) is 0. The van der Waals surface area contributed by atoms with E-state index < -0.39 is 4.92 Å². The van der Waals surface area contributed by atoms with Gasteiger partial charge in [0, 0.05) is 30.8 Å². The monoisotopic (exact) mass is 302 g/mol. The van der Waals surface area contributed by atoms with Crippen molar-refractivity contribution in [3.8, 4) is 17.2 Å². The summed E-state index contributed by atoms with van der Waals surface area (Å²) in [6, 6.07) is 9.59. The molecule has 7 heteroatoms. The van der Waals surface area contributed by atoms with E-state index in [4.69, 9.17) is 9.47 Å². The first kappa shape index (κ1) is 14.2. The molecule has 0 aromatic heterocycles. The average molecular weight is 302 g/mol. The number of aromatic hydroxyl groups is 1. The Kier molecular flexibility index (Phi) is 3.80. The van der Waals surface area contributed by atoms with Crippen molar-refractivity contribution in [3.63, 3.8) is 0 Å². The fraction of sp³-hybridized carbons (Fsp3) is 0.200. The quantitative estimate of drug-likeness (QED) is 0.650. The molecule has 114 valence electrons. The highest BCUT2D eigenvalue weighted by Crippen LogP contribution is 2.32. The second-order valence-corrected chi connectivity index (χ2v) is 4.86. The molecule has 3 rings (SSSR count). The normalized spacial score (nSPS) is 12.4. The molecule has 0 spiro atoms. The maximum absolute atomic E-state index is 10.7. The highest BCUT2D eigenvalue weighted by molar-refractivity contribution is 5.45. The third-order valence-electron chi connectivity index (χ3n) is 3.36. The highest BCUT2D eigenvalue weighted by Gasteiger charge is 2.13. The van der Waals surface area contributed by atoms with Crippen molar-refractivity contribution in [1.29, 1.82) is 0 Å². The van der Waals surface area contributed by atoms with E-state index in [1.807, 2.05) is 18.2 Å². The summed E-state index contributed by atoms with van der Waals surface area (Å²) in [4.78, 5) is 10.3. The maximum atomic E-state index is 10.7. The largest absolute Gasteiger partial charge is 0.508 e. The molecular formula is C15H14N2O5. The van der Waals surface area contributed by atoms with Crippen LogP contribution in [0, 0.1) is 10.1 Å². The lowest BCUT2D eigenvalue weighted by molar-refractivity contribution is -0.384. The van der Waals surface area contributed by atoms with Crippen LogP contribution in [0.15, 0.2) is 36.4 Å². The molecule has 0 unspecified atom stereocenters. The standard InChI is InChI=1S/C15H14N2O5/c18-13-3-2-12(17(19)20)6-11(13)8-16-7-10-1-4-14-15(5-10)22-9-21-14/h1-6,16,18H,7-9H2. The molecule has 0 aliphatic carbocycles. The van der Waals surface area contributed by atoms with Gasteiger partial charge in [-0.25, -0.2) is 0 Å². The number of hydrogen-bond acceptors (Lipinski definition) is 6. The van der Waals surface area contributed by atoms with E-state index in [2.05, 4.69) is 5.32 Å². The number of phenolic OH excluding ortho intramolecular Hbond substituents is 1. The number of nitro benzene ring substituents is 1. The highest BCUT2D eigenvalue weighted by atomic mass is 16.7. The van der Waals surface area contributed by atoms with Gasteiger partial charge in [0.2, 0.25) is 6.79 Å².